The quantitative estimate of drug-likeness (QED) is 0.768. The zero-order chi connectivity index (χ0) is 18.4. The van der Waals surface area contributed by atoms with Gasteiger partial charge in [0.1, 0.15) is 16.9 Å². The number of hydrogen-bond donors (Lipinski definition) is 1. The van der Waals surface area contributed by atoms with Crippen molar-refractivity contribution in [2.75, 3.05) is 0 Å². The number of carboxylic acids is 1. The molecular formula is C19H18N4O2S. The first-order valence-electron chi connectivity index (χ1n) is 8.35. The first-order chi connectivity index (χ1) is 12.5. The van der Waals surface area contributed by atoms with Gasteiger partial charge >= 0.3 is 5.97 Å². The molecule has 4 rings (SSSR count). The van der Waals surface area contributed by atoms with Gasteiger partial charge in [0.25, 0.3) is 0 Å². The molecule has 7 heteroatoms. The van der Waals surface area contributed by atoms with E-state index in [0.29, 0.717) is 5.82 Å². The molecule has 1 aliphatic heterocycles. The zero-order valence-electron chi connectivity index (χ0n) is 14.7. The van der Waals surface area contributed by atoms with Crippen LogP contribution < -0.4 is 0 Å². The molecular weight excluding hydrogens is 348 g/mol. The lowest BCUT2D eigenvalue weighted by Gasteiger charge is -2.10. The van der Waals surface area contributed by atoms with Crippen molar-refractivity contribution in [1.82, 2.24) is 14.8 Å². The van der Waals surface area contributed by atoms with Crippen molar-refractivity contribution in [3.8, 4) is 5.00 Å². The fraction of sp³-hybridized carbons (Fsp3) is 0.263. The third kappa shape index (κ3) is 2.55. The van der Waals surface area contributed by atoms with E-state index in [4.69, 9.17) is 4.99 Å². The van der Waals surface area contributed by atoms with E-state index >= 15 is 0 Å². The summed E-state index contributed by atoms with van der Waals surface area (Å²) < 4.78 is 1.97. The Bertz CT molecular complexity index is 1030. The summed E-state index contributed by atoms with van der Waals surface area (Å²) in [6, 6.07) is 9.32. The van der Waals surface area contributed by atoms with E-state index in [1.165, 1.54) is 4.88 Å². The first kappa shape index (κ1) is 16.7. The van der Waals surface area contributed by atoms with Crippen molar-refractivity contribution in [3.63, 3.8) is 0 Å². The van der Waals surface area contributed by atoms with E-state index in [9.17, 15) is 9.90 Å². The number of thiophene rings is 1. The minimum Gasteiger partial charge on any atom is -0.481 e. The van der Waals surface area contributed by atoms with E-state index in [0.717, 1.165) is 33.2 Å². The molecule has 132 valence electrons. The fourth-order valence-electron chi connectivity index (χ4n) is 3.29. The van der Waals surface area contributed by atoms with Crippen LogP contribution in [0.2, 0.25) is 0 Å². The van der Waals surface area contributed by atoms with Crippen LogP contribution in [-0.2, 0) is 4.79 Å². The Labute approximate surface area is 154 Å². The molecule has 0 aliphatic carbocycles. The van der Waals surface area contributed by atoms with Crippen molar-refractivity contribution in [1.29, 1.82) is 0 Å². The minimum atomic E-state index is -0.906. The van der Waals surface area contributed by atoms with Crippen molar-refractivity contribution < 1.29 is 9.90 Å². The Morgan fingerprint density at radius 1 is 1.19 bits per heavy atom. The maximum atomic E-state index is 11.4. The average Bonchev–Trinajstić information content (AvgIpc) is 3.08. The summed E-state index contributed by atoms with van der Waals surface area (Å²) in [6.07, 6.45) is -0.124. The molecule has 1 aromatic carbocycles. The first-order valence-corrected chi connectivity index (χ1v) is 9.16. The van der Waals surface area contributed by atoms with Crippen LogP contribution in [0.5, 0.6) is 0 Å². The van der Waals surface area contributed by atoms with Crippen LogP contribution in [0.1, 0.15) is 45.7 Å². The molecule has 1 atom stereocenters. The van der Waals surface area contributed by atoms with Gasteiger partial charge in [0.15, 0.2) is 5.82 Å². The predicted molar refractivity (Wildman–Crippen MR) is 101 cm³/mol. The van der Waals surface area contributed by atoms with Crippen LogP contribution in [0.25, 0.3) is 5.00 Å². The number of nitrogens with zero attached hydrogens (tertiary/aromatic N) is 4. The van der Waals surface area contributed by atoms with Crippen LogP contribution in [-0.4, -0.2) is 31.6 Å². The molecule has 0 amide bonds. The van der Waals surface area contributed by atoms with E-state index in [-0.39, 0.29) is 6.42 Å². The molecule has 0 spiro atoms. The third-order valence-electron chi connectivity index (χ3n) is 4.65. The number of benzene rings is 1. The fourth-order valence-corrected chi connectivity index (χ4v) is 4.50. The van der Waals surface area contributed by atoms with Gasteiger partial charge in [-0.3, -0.25) is 14.4 Å². The minimum absolute atomic E-state index is 0.124. The Hall–Kier alpha value is -2.80. The number of aliphatic imine (C=N–C) groups is 1. The average molecular weight is 366 g/mol. The van der Waals surface area contributed by atoms with Crippen molar-refractivity contribution in [2.24, 2.45) is 4.99 Å². The number of aliphatic carboxylic acids is 1. The second-order valence-electron chi connectivity index (χ2n) is 6.36. The molecule has 0 unspecified atom stereocenters. The maximum absolute atomic E-state index is 11.4. The number of rotatable bonds is 3. The van der Waals surface area contributed by atoms with E-state index < -0.39 is 12.0 Å². The number of fused-ring (bicyclic) bond motifs is 3. The molecule has 2 aromatic heterocycles. The standard InChI is InChI=1S/C19H18N4O2S/c1-10-11(2)26-19-16(10)17(13-7-5-4-6-8-13)20-14(9-15(24)25)18-22-21-12(3)23(18)19/h4-8,14H,9H2,1-3H3,(H,24,25)/t14-/m0/s1. The molecule has 3 aromatic rings. The molecule has 0 fully saturated rings. The van der Waals surface area contributed by atoms with Gasteiger partial charge in [0, 0.05) is 16.0 Å². The van der Waals surface area contributed by atoms with Crippen LogP contribution >= 0.6 is 11.3 Å². The molecule has 3 heterocycles. The number of aromatic nitrogens is 3. The summed E-state index contributed by atoms with van der Waals surface area (Å²) >= 11 is 1.67. The van der Waals surface area contributed by atoms with Gasteiger partial charge < -0.3 is 5.11 Å². The lowest BCUT2D eigenvalue weighted by atomic mass is 10.00. The van der Waals surface area contributed by atoms with Crippen LogP contribution in [0, 0.1) is 20.8 Å². The number of hydrogen-bond acceptors (Lipinski definition) is 5. The highest BCUT2D eigenvalue weighted by molar-refractivity contribution is 7.15. The molecule has 0 saturated heterocycles. The van der Waals surface area contributed by atoms with Crippen molar-refractivity contribution in [3.05, 3.63) is 63.5 Å². The summed E-state index contributed by atoms with van der Waals surface area (Å²) in [6.45, 7) is 6.06. The second kappa shape index (κ2) is 6.17. The number of carboxylic acid groups (broad SMARTS) is 1. The topological polar surface area (TPSA) is 80.4 Å². The van der Waals surface area contributed by atoms with E-state index in [1.807, 2.05) is 41.8 Å². The highest BCUT2D eigenvalue weighted by atomic mass is 32.1. The van der Waals surface area contributed by atoms with E-state index in [1.54, 1.807) is 11.3 Å². The summed E-state index contributed by atoms with van der Waals surface area (Å²) in [5, 5.41) is 18.9. The maximum Gasteiger partial charge on any atom is 0.306 e. The summed E-state index contributed by atoms with van der Waals surface area (Å²) in [5.41, 5.74) is 3.98. The summed E-state index contributed by atoms with van der Waals surface area (Å²) in [4.78, 5) is 17.5. The highest BCUT2D eigenvalue weighted by Gasteiger charge is 2.32. The largest absolute Gasteiger partial charge is 0.481 e. The van der Waals surface area contributed by atoms with Crippen LogP contribution in [0.4, 0.5) is 0 Å². The lowest BCUT2D eigenvalue weighted by molar-refractivity contribution is -0.137. The zero-order valence-corrected chi connectivity index (χ0v) is 15.5. The van der Waals surface area contributed by atoms with Gasteiger partial charge in [-0.25, -0.2) is 0 Å². The summed E-state index contributed by atoms with van der Waals surface area (Å²) in [7, 11) is 0. The number of aryl methyl sites for hydroxylation is 2. The molecule has 0 radical (unpaired) electrons. The van der Waals surface area contributed by atoms with Gasteiger partial charge in [-0.15, -0.1) is 21.5 Å². The Morgan fingerprint density at radius 2 is 1.92 bits per heavy atom. The lowest BCUT2D eigenvalue weighted by Crippen LogP contribution is -2.10. The van der Waals surface area contributed by atoms with Gasteiger partial charge in [-0.05, 0) is 26.3 Å². The third-order valence-corrected chi connectivity index (χ3v) is 5.85. The van der Waals surface area contributed by atoms with Gasteiger partial charge in [-0.1, -0.05) is 30.3 Å². The van der Waals surface area contributed by atoms with E-state index in [2.05, 4.69) is 24.0 Å². The SMILES string of the molecule is Cc1sc2c(c1C)C(c1ccccc1)=N[C@@H](CC(=O)O)c1nnc(C)n1-2. The molecule has 1 aliphatic rings. The van der Waals surface area contributed by atoms with Crippen molar-refractivity contribution >= 4 is 23.0 Å². The van der Waals surface area contributed by atoms with Crippen LogP contribution in [0.15, 0.2) is 35.3 Å². The molecule has 26 heavy (non-hydrogen) atoms. The molecule has 1 N–H and O–H groups in total. The van der Waals surface area contributed by atoms with Crippen molar-refractivity contribution in [2.45, 2.75) is 33.2 Å². The smallest absolute Gasteiger partial charge is 0.306 e. The molecule has 0 saturated carbocycles. The normalized spacial score (nSPS) is 15.8. The van der Waals surface area contributed by atoms with Gasteiger partial charge in [0.2, 0.25) is 0 Å². The van der Waals surface area contributed by atoms with Crippen LogP contribution in [0.3, 0.4) is 0 Å². The Balaban J connectivity index is 2.05. The summed E-state index contributed by atoms with van der Waals surface area (Å²) in [5.74, 6) is 0.414. The predicted octanol–water partition coefficient (Wildman–Crippen LogP) is 3.62. The monoisotopic (exact) mass is 366 g/mol. The molecule has 6 nitrogen and oxygen atoms in total. The Kier molecular flexibility index (Phi) is 3.96. The van der Waals surface area contributed by atoms with Gasteiger partial charge in [0.05, 0.1) is 12.1 Å². The highest BCUT2D eigenvalue weighted by Crippen LogP contribution is 2.39. The molecule has 0 bridgehead atoms. The van der Waals surface area contributed by atoms with Gasteiger partial charge in [-0.2, -0.15) is 0 Å². The Morgan fingerprint density at radius 3 is 2.62 bits per heavy atom. The second-order valence-corrected chi connectivity index (χ2v) is 7.56. The number of carbonyl (C=O) groups is 1.